The van der Waals surface area contributed by atoms with E-state index < -0.39 is 5.67 Å². The largest absolute Gasteiger partial charge is 0.367 e. The first-order valence-corrected chi connectivity index (χ1v) is 5.03. The van der Waals surface area contributed by atoms with E-state index in [4.69, 9.17) is 0 Å². The molecule has 0 aliphatic heterocycles. The van der Waals surface area contributed by atoms with Crippen molar-refractivity contribution in [1.82, 2.24) is 4.98 Å². The number of aromatic nitrogens is 1. The summed E-state index contributed by atoms with van der Waals surface area (Å²) in [4.78, 5) is 4.16. The van der Waals surface area contributed by atoms with Gasteiger partial charge in [-0.05, 0) is 37.8 Å². The quantitative estimate of drug-likeness (QED) is 0.800. The first-order valence-electron chi connectivity index (χ1n) is 5.03. The summed E-state index contributed by atoms with van der Waals surface area (Å²) >= 11 is 0. The van der Waals surface area contributed by atoms with Gasteiger partial charge in [0.05, 0.1) is 6.54 Å². The van der Waals surface area contributed by atoms with E-state index in [-0.39, 0.29) is 0 Å². The van der Waals surface area contributed by atoms with Crippen molar-refractivity contribution < 1.29 is 4.39 Å². The molecule has 0 unspecified atom stereocenters. The Morgan fingerprint density at radius 2 is 2.29 bits per heavy atom. The van der Waals surface area contributed by atoms with Crippen LogP contribution in [-0.4, -0.2) is 17.2 Å². The smallest absolute Gasteiger partial charge is 0.128 e. The van der Waals surface area contributed by atoms with Crippen molar-refractivity contribution in [3.8, 4) is 0 Å². The van der Waals surface area contributed by atoms with Gasteiger partial charge in [0.15, 0.2) is 0 Å². The Balaban J connectivity index is 1.88. The topological polar surface area (TPSA) is 24.9 Å². The predicted molar refractivity (Wildman–Crippen MR) is 55.2 cm³/mol. The van der Waals surface area contributed by atoms with Crippen LogP contribution in [0.4, 0.5) is 10.2 Å². The molecular weight excluding hydrogens is 179 g/mol. The second kappa shape index (κ2) is 3.56. The molecule has 1 aliphatic carbocycles. The SMILES string of the molecule is Cc1ccc(NCC2(F)CCC2)nc1. The van der Waals surface area contributed by atoms with Crippen molar-refractivity contribution in [3.63, 3.8) is 0 Å². The van der Waals surface area contributed by atoms with E-state index in [1.807, 2.05) is 19.1 Å². The molecule has 76 valence electrons. The van der Waals surface area contributed by atoms with Crippen molar-refractivity contribution in [1.29, 1.82) is 0 Å². The first kappa shape index (κ1) is 9.44. The molecule has 1 aromatic rings. The highest BCUT2D eigenvalue weighted by Crippen LogP contribution is 2.35. The molecule has 0 saturated heterocycles. The Bertz CT molecular complexity index is 304. The number of pyridine rings is 1. The van der Waals surface area contributed by atoms with Crippen LogP contribution >= 0.6 is 0 Å². The Morgan fingerprint density at radius 1 is 1.50 bits per heavy atom. The number of hydrogen-bond donors (Lipinski definition) is 1. The van der Waals surface area contributed by atoms with Crippen molar-refractivity contribution in [2.75, 3.05) is 11.9 Å². The summed E-state index contributed by atoms with van der Waals surface area (Å²) in [5.41, 5.74) is 0.140. The minimum Gasteiger partial charge on any atom is -0.367 e. The van der Waals surface area contributed by atoms with Crippen molar-refractivity contribution in [2.24, 2.45) is 0 Å². The normalized spacial score (nSPS) is 18.7. The third-order valence-corrected chi connectivity index (χ3v) is 2.75. The highest BCUT2D eigenvalue weighted by molar-refractivity contribution is 5.35. The number of nitrogens with one attached hydrogen (secondary N) is 1. The Kier molecular flexibility index (Phi) is 2.40. The van der Waals surface area contributed by atoms with Crippen LogP contribution in [0.1, 0.15) is 24.8 Å². The van der Waals surface area contributed by atoms with E-state index >= 15 is 0 Å². The molecule has 0 aromatic carbocycles. The lowest BCUT2D eigenvalue weighted by Crippen LogP contribution is -2.39. The molecule has 2 nitrogen and oxygen atoms in total. The summed E-state index contributed by atoms with van der Waals surface area (Å²) in [6.07, 6.45) is 4.17. The zero-order valence-corrected chi connectivity index (χ0v) is 8.39. The van der Waals surface area contributed by atoms with Gasteiger partial charge in [0, 0.05) is 6.20 Å². The lowest BCUT2D eigenvalue weighted by molar-refractivity contribution is 0.0783. The summed E-state index contributed by atoms with van der Waals surface area (Å²) in [7, 11) is 0. The van der Waals surface area contributed by atoms with Crippen LogP contribution in [0.5, 0.6) is 0 Å². The second-order valence-electron chi connectivity index (χ2n) is 4.08. The molecule has 1 aliphatic rings. The van der Waals surface area contributed by atoms with Crippen LogP contribution in [0.3, 0.4) is 0 Å². The highest BCUT2D eigenvalue weighted by atomic mass is 19.1. The monoisotopic (exact) mass is 194 g/mol. The fraction of sp³-hybridized carbons (Fsp3) is 0.545. The molecule has 0 amide bonds. The third-order valence-electron chi connectivity index (χ3n) is 2.75. The Labute approximate surface area is 83.6 Å². The fourth-order valence-electron chi connectivity index (χ4n) is 1.56. The van der Waals surface area contributed by atoms with E-state index in [0.717, 1.165) is 17.8 Å². The van der Waals surface area contributed by atoms with Crippen molar-refractivity contribution >= 4 is 5.82 Å². The third kappa shape index (κ3) is 2.03. The molecule has 3 heteroatoms. The number of hydrogen-bond acceptors (Lipinski definition) is 2. The summed E-state index contributed by atoms with van der Waals surface area (Å²) in [5, 5.41) is 3.03. The molecule has 1 aromatic heterocycles. The molecule has 0 atom stereocenters. The minimum atomic E-state index is -0.980. The highest BCUT2D eigenvalue weighted by Gasteiger charge is 2.36. The van der Waals surface area contributed by atoms with Crippen LogP contribution in [0.25, 0.3) is 0 Å². The average Bonchev–Trinajstić information content (AvgIpc) is 2.14. The molecule has 1 heterocycles. The number of alkyl halides is 1. The number of nitrogens with zero attached hydrogens (tertiary/aromatic N) is 1. The van der Waals surface area contributed by atoms with Crippen LogP contribution in [0, 0.1) is 6.92 Å². The number of aryl methyl sites for hydroxylation is 1. The van der Waals surface area contributed by atoms with E-state index in [0.29, 0.717) is 19.4 Å². The van der Waals surface area contributed by atoms with Gasteiger partial charge >= 0.3 is 0 Å². The van der Waals surface area contributed by atoms with Gasteiger partial charge in [-0.25, -0.2) is 9.37 Å². The predicted octanol–water partition coefficient (Wildman–Crippen LogP) is 2.69. The minimum absolute atomic E-state index is 0.392. The van der Waals surface area contributed by atoms with Gasteiger partial charge in [0.2, 0.25) is 0 Å². The molecule has 0 spiro atoms. The van der Waals surface area contributed by atoms with Gasteiger partial charge in [0.25, 0.3) is 0 Å². The number of anilines is 1. The van der Waals surface area contributed by atoms with Crippen LogP contribution in [0.2, 0.25) is 0 Å². The van der Waals surface area contributed by atoms with Gasteiger partial charge < -0.3 is 5.32 Å². The van der Waals surface area contributed by atoms with E-state index in [2.05, 4.69) is 10.3 Å². The Hall–Kier alpha value is -1.12. The molecule has 1 saturated carbocycles. The van der Waals surface area contributed by atoms with Gasteiger partial charge in [-0.3, -0.25) is 0 Å². The van der Waals surface area contributed by atoms with Crippen LogP contribution < -0.4 is 5.32 Å². The van der Waals surface area contributed by atoms with E-state index in [9.17, 15) is 4.39 Å². The summed E-state index contributed by atoms with van der Waals surface area (Å²) < 4.78 is 13.6. The maximum atomic E-state index is 13.6. The van der Waals surface area contributed by atoms with Gasteiger partial charge in [0.1, 0.15) is 11.5 Å². The van der Waals surface area contributed by atoms with Crippen LogP contribution in [-0.2, 0) is 0 Å². The van der Waals surface area contributed by atoms with E-state index in [1.165, 1.54) is 0 Å². The molecule has 1 fully saturated rings. The first-order chi connectivity index (χ1) is 6.68. The lowest BCUT2D eigenvalue weighted by atomic mass is 9.82. The van der Waals surface area contributed by atoms with E-state index in [1.54, 1.807) is 6.20 Å². The van der Waals surface area contributed by atoms with Crippen molar-refractivity contribution in [3.05, 3.63) is 23.9 Å². The molecule has 0 bridgehead atoms. The maximum Gasteiger partial charge on any atom is 0.128 e. The van der Waals surface area contributed by atoms with Gasteiger partial charge in [-0.2, -0.15) is 0 Å². The summed E-state index contributed by atoms with van der Waals surface area (Å²) in [5.74, 6) is 0.763. The zero-order valence-electron chi connectivity index (χ0n) is 8.39. The average molecular weight is 194 g/mol. The number of rotatable bonds is 3. The maximum absolute atomic E-state index is 13.6. The standard InChI is InChI=1S/C11H15FN2/c1-9-3-4-10(13-7-9)14-8-11(12)5-2-6-11/h3-4,7H,2,5-6,8H2,1H3,(H,13,14). The van der Waals surface area contributed by atoms with Crippen LogP contribution in [0.15, 0.2) is 18.3 Å². The summed E-state index contributed by atoms with van der Waals surface area (Å²) in [6, 6.07) is 3.86. The Morgan fingerprint density at radius 3 is 2.79 bits per heavy atom. The molecule has 1 N–H and O–H groups in total. The zero-order chi connectivity index (χ0) is 10.0. The summed E-state index contributed by atoms with van der Waals surface area (Å²) in [6.45, 7) is 2.38. The molecule has 14 heavy (non-hydrogen) atoms. The lowest BCUT2D eigenvalue weighted by Gasteiger charge is -2.33. The second-order valence-corrected chi connectivity index (χ2v) is 4.08. The molecule has 0 radical (unpaired) electrons. The number of halogens is 1. The van der Waals surface area contributed by atoms with Crippen molar-refractivity contribution in [2.45, 2.75) is 31.9 Å². The fourth-order valence-corrected chi connectivity index (χ4v) is 1.56. The van der Waals surface area contributed by atoms with Gasteiger partial charge in [-0.1, -0.05) is 6.07 Å². The van der Waals surface area contributed by atoms with Gasteiger partial charge in [-0.15, -0.1) is 0 Å². The molecule has 2 rings (SSSR count). The molecular formula is C11H15FN2.